The van der Waals surface area contributed by atoms with E-state index in [0.29, 0.717) is 18.2 Å². The zero-order valence-electron chi connectivity index (χ0n) is 10.7. The van der Waals surface area contributed by atoms with Crippen LogP contribution in [-0.2, 0) is 0 Å². The van der Waals surface area contributed by atoms with Gasteiger partial charge in [-0.2, -0.15) is 0 Å². The van der Waals surface area contributed by atoms with Crippen LogP contribution in [0.5, 0.6) is 5.75 Å². The first-order chi connectivity index (χ1) is 9.65. The van der Waals surface area contributed by atoms with Gasteiger partial charge in [0.15, 0.2) is 5.96 Å². The van der Waals surface area contributed by atoms with E-state index in [-0.39, 0.29) is 17.6 Å². The van der Waals surface area contributed by atoms with Crippen molar-refractivity contribution in [3.05, 3.63) is 59.9 Å². The Morgan fingerprint density at radius 2 is 2.00 bits per heavy atom. The summed E-state index contributed by atoms with van der Waals surface area (Å²) in [6, 6.07) is 13.0. The Morgan fingerprint density at radius 1 is 1.20 bits per heavy atom. The zero-order chi connectivity index (χ0) is 14.1. The van der Waals surface area contributed by atoms with Crippen molar-refractivity contribution in [3.63, 3.8) is 0 Å². The second-order valence-corrected chi connectivity index (χ2v) is 4.66. The quantitative estimate of drug-likeness (QED) is 0.881. The van der Waals surface area contributed by atoms with Crippen molar-refractivity contribution in [2.45, 2.75) is 6.04 Å². The first kappa shape index (κ1) is 12.5. The summed E-state index contributed by atoms with van der Waals surface area (Å²) in [6.07, 6.45) is 0. The highest BCUT2D eigenvalue weighted by Crippen LogP contribution is 2.32. The molecule has 0 amide bonds. The summed E-state index contributed by atoms with van der Waals surface area (Å²) in [5.41, 5.74) is 7.46. The molecular weight excluding hydrogens is 257 g/mol. The van der Waals surface area contributed by atoms with E-state index in [1.165, 1.54) is 12.1 Å². The Balaban J connectivity index is 2.00. The zero-order valence-corrected chi connectivity index (χ0v) is 10.7. The molecule has 5 heteroatoms. The minimum absolute atomic E-state index is 0.135. The highest BCUT2D eigenvalue weighted by Gasteiger charge is 2.29. The topological polar surface area (TPSA) is 61.9 Å². The highest BCUT2D eigenvalue weighted by atomic mass is 19.1. The van der Waals surface area contributed by atoms with Crippen LogP contribution in [0.1, 0.15) is 11.6 Å². The van der Waals surface area contributed by atoms with Gasteiger partial charge in [0.2, 0.25) is 0 Å². The van der Waals surface area contributed by atoms with Crippen molar-refractivity contribution in [1.82, 2.24) is 0 Å². The van der Waals surface area contributed by atoms with Crippen molar-refractivity contribution in [1.29, 1.82) is 0 Å². The number of rotatable bonds is 2. The number of hydrogen-bond acceptors (Lipinski definition) is 4. The molecule has 0 bridgehead atoms. The number of hydrogen-bond donors (Lipinski definition) is 2. The van der Waals surface area contributed by atoms with Gasteiger partial charge in [-0.3, -0.25) is 4.99 Å². The minimum atomic E-state index is -0.322. The molecule has 0 aliphatic carbocycles. The molecule has 102 valence electrons. The molecule has 0 aromatic heterocycles. The van der Waals surface area contributed by atoms with Crippen LogP contribution in [-0.4, -0.2) is 17.6 Å². The van der Waals surface area contributed by atoms with Crippen LogP contribution in [0.25, 0.3) is 0 Å². The predicted octanol–water partition coefficient (Wildman–Crippen LogP) is 2.41. The Kier molecular flexibility index (Phi) is 3.02. The molecule has 1 heterocycles. The largest absolute Gasteiger partial charge is 0.508 e. The minimum Gasteiger partial charge on any atom is -0.508 e. The van der Waals surface area contributed by atoms with E-state index in [1.54, 1.807) is 35.2 Å². The van der Waals surface area contributed by atoms with Gasteiger partial charge < -0.3 is 15.7 Å². The maximum absolute atomic E-state index is 13.4. The molecule has 0 saturated carbocycles. The second kappa shape index (κ2) is 4.85. The number of nitrogens with zero attached hydrogens (tertiary/aromatic N) is 2. The summed E-state index contributed by atoms with van der Waals surface area (Å²) in [6.45, 7) is 0.478. The molecule has 1 aliphatic heterocycles. The maximum Gasteiger partial charge on any atom is 0.196 e. The molecule has 1 aliphatic rings. The van der Waals surface area contributed by atoms with E-state index in [1.807, 2.05) is 6.07 Å². The number of guanidine groups is 1. The number of phenols is 1. The number of halogens is 1. The van der Waals surface area contributed by atoms with Crippen molar-refractivity contribution in [2.75, 3.05) is 11.4 Å². The maximum atomic E-state index is 13.4. The van der Waals surface area contributed by atoms with Gasteiger partial charge in [0, 0.05) is 5.69 Å². The summed E-state index contributed by atoms with van der Waals surface area (Å²) in [5, 5.41) is 9.59. The molecule has 2 aromatic rings. The van der Waals surface area contributed by atoms with Gasteiger partial charge >= 0.3 is 0 Å². The lowest BCUT2D eigenvalue weighted by Gasteiger charge is -2.26. The lowest BCUT2D eigenvalue weighted by atomic mass is 10.1. The van der Waals surface area contributed by atoms with Crippen LogP contribution >= 0.6 is 0 Å². The smallest absolute Gasteiger partial charge is 0.196 e. The van der Waals surface area contributed by atoms with E-state index in [0.717, 1.165) is 5.56 Å². The van der Waals surface area contributed by atoms with E-state index < -0.39 is 0 Å². The molecule has 0 radical (unpaired) electrons. The molecule has 3 rings (SSSR count). The summed E-state index contributed by atoms with van der Waals surface area (Å²) >= 11 is 0. The number of aromatic hydroxyl groups is 1. The van der Waals surface area contributed by atoms with Crippen LogP contribution in [0.3, 0.4) is 0 Å². The fourth-order valence-corrected chi connectivity index (χ4v) is 2.42. The molecule has 3 N–H and O–H groups in total. The monoisotopic (exact) mass is 271 g/mol. The molecule has 4 nitrogen and oxygen atoms in total. The highest BCUT2D eigenvalue weighted by molar-refractivity contribution is 5.97. The molecule has 20 heavy (non-hydrogen) atoms. The van der Waals surface area contributed by atoms with Gasteiger partial charge in [0.05, 0.1) is 12.6 Å². The third-order valence-electron chi connectivity index (χ3n) is 3.33. The van der Waals surface area contributed by atoms with Gasteiger partial charge in [-0.1, -0.05) is 18.2 Å². The van der Waals surface area contributed by atoms with Gasteiger partial charge in [0.25, 0.3) is 0 Å². The summed E-state index contributed by atoms with van der Waals surface area (Å²) < 4.78 is 13.4. The van der Waals surface area contributed by atoms with Gasteiger partial charge in [-0.25, -0.2) is 4.39 Å². The van der Waals surface area contributed by atoms with Crippen LogP contribution < -0.4 is 10.6 Å². The van der Waals surface area contributed by atoms with E-state index in [2.05, 4.69) is 4.99 Å². The van der Waals surface area contributed by atoms with E-state index >= 15 is 0 Å². The van der Waals surface area contributed by atoms with E-state index in [9.17, 15) is 9.50 Å². The van der Waals surface area contributed by atoms with Gasteiger partial charge in [-0.05, 0) is 35.9 Å². The van der Waals surface area contributed by atoms with Crippen molar-refractivity contribution in [3.8, 4) is 5.75 Å². The Labute approximate surface area is 116 Å². The third kappa shape index (κ3) is 2.18. The van der Waals surface area contributed by atoms with Crippen LogP contribution in [0.2, 0.25) is 0 Å². The Hall–Kier alpha value is -2.56. The normalized spacial score (nSPS) is 18.1. The summed E-state index contributed by atoms with van der Waals surface area (Å²) in [5.74, 6) is 0.216. The van der Waals surface area contributed by atoms with Crippen molar-refractivity contribution < 1.29 is 9.50 Å². The first-order valence-electron chi connectivity index (χ1n) is 6.29. The fraction of sp³-hybridized carbons (Fsp3) is 0.133. The SMILES string of the molecule is NC1=NCC(c2cccc(O)c2)N1c1cccc(F)c1. The summed E-state index contributed by atoms with van der Waals surface area (Å²) in [7, 11) is 0. The van der Waals surface area contributed by atoms with Crippen molar-refractivity contribution >= 4 is 11.6 Å². The molecule has 0 spiro atoms. The molecule has 0 saturated heterocycles. The molecule has 1 unspecified atom stereocenters. The molecule has 2 aromatic carbocycles. The lowest BCUT2D eigenvalue weighted by molar-refractivity contribution is 0.474. The van der Waals surface area contributed by atoms with Crippen LogP contribution in [0.4, 0.5) is 10.1 Å². The number of nitrogens with two attached hydrogens (primary N) is 1. The van der Waals surface area contributed by atoms with Gasteiger partial charge in [0.1, 0.15) is 11.6 Å². The predicted molar refractivity (Wildman–Crippen MR) is 76.2 cm³/mol. The van der Waals surface area contributed by atoms with Crippen LogP contribution in [0, 0.1) is 5.82 Å². The lowest BCUT2D eigenvalue weighted by Crippen LogP contribution is -2.36. The average Bonchev–Trinajstić information content (AvgIpc) is 2.80. The number of aliphatic imine (C=N–C) groups is 1. The average molecular weight is 271 g/mol. The Bertz CT molecular complexity index is 672. The summed E-state index contributed by atoms with van der Waals surface area (Å²) in [4.78, 5) is 6.00. The van der Waals surface area contributed by atoms with E-state index in [4.69, 9.17) is 5.73 Å². The third-order valence-corrected chi connectivity index (χ3v) is 3.33. The molecule has 1 atom stereocenters. The fourth-order valence-electron chi connectivity index (χ4n) is 2.42. The molecule has 0 fully saturated rings. The first-order valence-corrected chi connectivity index (χ1v) is 6.29. The second-order valence-electron chi connectivity index (χ2n) is 4.66. The van der Waals surface area contributed by atoms with Crippen LogP contribution in [0.15, 0.2) is 53.5 Å². The number of anilines is 1. The molecular formula is C15H14FN3O. The van der Waals surface area contributed by atoms with Gasteiger partial charge in [-0.15, -0.1) is 0 Å². The number of phenolic OH excluding ortho intramolecular Hbond substituents is 1. The number of benzene rings is 2. The standard InChI is InChI=1S/C15H14FN3O/c16-11-4-2-5-12(8-11)19-14(9-18-15(19)17)10-3-1-6-13(20)7-10/h1-8,14,20H,9H2,(H2,17,18). The van der Waals surface area contributed by atoms with Crippen molar-refractivity contribution in [2.24, 2.45) is 10.7 Å². The Morgan fingerprint density at radius 3 is 2.75 bits per heavy atom.